The Morgan fingerprint density at radius 2 is 1.44 bits per heavy atom. The van der Waals surface area contributed by atoms with E-state index in [1.54, 1.807) is 16.8 Å². The maximum Gasteiger partial charge on any atom is 0.416 e. The van der Waals surface area contributed by atoms with E-state index in [2.05, 4.69) is 9.97 Å². The number of hydrogen-bond donors (Lipinski definition) is 0. The van der Waals surface area contributed by atoms with E-state index in [0.29, 0.717) is 82.3 Å². The van der Waals surface area contributed by atoms with Gasteiger partial charge in [0.2, 0.25) is 5.95 Å². The fraction of sp³-hybridized carbons (Fsp3) is 0.629. The molecule has 3 fully saturated rings. The topological polar surface area (TPSA) is 108 Å². The van der Waals surface area contributed by atoms with Crippen molar-refractivity contribution >= 4 is 29.7 Å². The largest absolute Gasteiger partial charge is 0.469 e. The second-order valence-electron chi connectivity index (χ2n) is 13.7. The Labute approximate surface area is 298 Å². The Morgan fingerprint density at radius 3 is 1.90 bits per heavy atom. The number of hydrogen-bond acceptors (Lipinski definition) is 8. The Morgan fingerprint density at radius 1 is 0.885 bits per heavy atom. The van der Waals surface area contributed by atoms with Gasteiger partial charge in [-0.2, -0.15) is 26.3 Å². The van der Waals surface area contributed by atoms with Crippen LogP contribution in [0.25, 0.3) is 0 Å². The van der Waals surface area contributed by atoms with Crippen molar-refractivity contribution in [3.8, 4) is 0 Å². The summed E-state index contributed by atoms with van der Waals surface area (Å²) >= 11 is 0. The zero-order valence-electron chi connectivity index (χ0n) is 29.5. The van der Waals surface area contributed by atoms with E-state index < -0.39 is 35.6 Å². The first-order valence-electron chi connectivity index (χ1n) is 17.5. The lowest BCUT2D eigenvalue weighted by atomic mass is 9.87. The number of esters is 1. The lowest BCUT2D eigenvalue weighted by molar-refractivity contribution is -0.147. The molecule has 0 unspecified atom stereocenters. The number of nitrogens with zero attached hydrogens (tertiary/aromatic N) is 6. The van der Waals surface area contributed by atoms with Crippen molar-refractivity contribution in [2.45, 2.75) is 108 Å². The standard InChI is InChI=1S/C35H44F6N6O5/c1-5-25-16-27(17-26(6-2)47(25)33(50)52-29-9-7-22(8-10-29)30(48)51-4)46(31-42-18-28(19-43-31)45-12-11-44(3)32(45)49)20-21-13-23(34(36,37)38)15-24(14-21)35(39,40)41/h13-15,18-19,22,25-27,29H,5-12,16-17,20H2,1-4H3/t22-,25-,26+,27+,29-. The molecule has 1 aromatic heterocycles. The number of carbonyl (C=O) groups excluding carboxylic acids is 3. The third kappa shape index (κ3) is 8.65. The molecule has 2 aliphatic heterocycles. The highest BCUT2D eigenvalue weighted by atomic mass is 19.4. The molecule has 0 N–H and O–H groups in total. The second-order valence-corrected chi connectivity index (χ2v) is 13.7. The number of benzene rings is 1. The van der Waals surface area contributed by atoms with Crippen LogP contribution in [0, 0.1) is 5.92 Å². The Balaban J connectivity index is 1.44. The maximum atomic E-state index is 13.8. The summed E-state index contributed by atoms with van der Waals surface area (Å²) in [5, 5.41) is 0. The number of ether oxygens (including phenoxy) is 2. The molecule has 3 heterocycles. The van der Waals surface area contributed by atoms with Gasteiger partial charge < -0.3 is 24.2 Å². The average molecular weight is 743 g/mol. The number of alkyl halides is 6. The van der Waals surface area contributed by atoms with E-state index in [1.807, 2.05) is 13.8 Å². The lowest BCUT2D eigenvalue weighted by Crippen LogP contribution is -2.57. The smallest absolute Gasteiger partial charge is 0.416 e. The molecule has 286 valence electrons. The van der Waals surface area contributed by atoms with Crippen molar-refractivity contribution in [1.29, 1.82) is 0 Å². The maximum absolute atomic E-state index is 13.8. The number of likely N-dealkylation sites (N-methyl/N-ethyl adjacent to an activating group) is 1. The Kier molecular flexibility index (Phi) is 11.8. The van der Waals surface area contributed by atoms with E-state index in [1.165, 1.54) is 29.3 Å². The molecular formula is C35H44F6N6O5. The number of piperidine rings is 1. The van der Waals surface area contributed by atoms with Gasteiger partial charge in [0.1, 0.15) is 6.10 Å². The zero-order chi connectivity index (χ0) is 38.0. The van der Waals surface area contributed by atoms with Gasteiger partial charge in [-0.25, -0.2) is 19.6 Å². The third-order valence-electron chi connectivity index (χ3n) is 10.4. The van der Waals surface area contributed by atoms with Crippen molar-refractivity contribution in [1.82, 2.24) is 19.8 Å². The number of likely N-dealkylation sites (tertiary alicyclic amines) is 1. The minimum Gasteiger partial charge on any atom is -0.469 e. The molecule has 0 radical (unpaired) electrons. The van der Waals surface area contributed by atoms with Crippen LogP contribution in [0.5, 0.6) is 0 Å². The van der Waals surface area contributed by atoms with Gasteiger partial charge in [0.15, 0.2) is 0 Å². The summed E-state index contributed by atoms with van der Waals surface area (Å²) in [6.07, 6.45) is -4.43. The molecule has 0 bridgehead atoms. The van der Waals surface area contributed by atoms with Gasteiger partial charge in [-0.1, -0.05) is 13.8 Å². The number of amides is 3. The molecule has 11 nitrogen and oxygen atoms in total. The lowest BCUT2D eigenvalue weighted by Gasteiger charge is -2.47. The van der Waals surface area contributed by atoms with E-state index in [9.17, 15) is 40.7 Å². The molecule has 17 heteroatoms. The number of anilines is 2. The number of halogens is 6. The van der Waals surface area contributed by atoms with Gasteiger partial charge in [0.25, 0.3) is 0 Å². The van der Waals surface area contributed by atoms with Crippen LogP contribution in [0.3, 0.4) is 0 Å². The molecular weight excluding hydrogens is 698 g/mol. The number of aromatic nitrogens is 2. The molecule has 3 aliphatic rings. The number of carbonyl (C=O) groups is 3. The molecule has 52 heavy (non-hydrogen) atoms. The SMILES string of the molecule is CC[C@@H]1C[C@H](N(Cc2cc(C(F)(F)F)cc(C(F)(F)F)c2)c2ncc(N3CCN(C)C3=O)cn2)C[C@H](CC)N1C(=O)O[C@H]1CC[C@H](C(=O)OC)CC1. The molecule has 3 atom stereocenters. The second kappa shape index (κ2) is 15.7. The normalized spacial score (nSPS) is 24.2. The zero-order valence-corrected chi connectivity index (χ0v) is 29.5. The number of methoxy groups -OCH3 is 1. The van der Waals surface area contributed by atoms with Crippen LogP contribution >= 0.6 is 0 Å². The van der Waals surface area contributed by atoms with E-state index >= 15 is 0 Å². The Hall–Kier alpha value is -4.31. The molecule has 1 aromatic carbocycles. The van der Waals surface area contributed by atoms with Gasteiger partial charge in [0.05, 0.1) is 42.2 Å². The minimum absolute atomic E-state index is 0.0582. The quantitative estimate of drug-likeness (QED) is 0.195. The summed E-state index contributed by atoms with van der Waals surface area (Å²) in [6.45, 7) is 4.27. The molecule has 1 aliphatic carbocycles. The molecule has 2 saturated heterocycles. The van der Waals surface area contributed by atoms with E-state index in [-0.39, 0.29) is 60.2 Å². The van der Waals surface area contributed by atoms with Crippen molar-refractivity contribution in [3.05, 3.63) is 47.3 Å². The van der Waals surface area contributed by atoms with Gasteiger partial charge in [-0.05, 0) is 75.1 Å². The van der Waals surface area contributed by atoms with Crippen molar-refractivity contribution < 1.29 is 50.2 Å². The number of urea groups is 1. The summed E-state index contributed by atoms with van der Waals surface area (Å²) in [6, 6.07) is -0.0247. The van der Waals surface area contributed by atoms with Crippen LogP contribution < -0.4 is 9.80 Å². The molecule has 0 spiro atoms. The predicted octanol–water partition coefficient (Wildman–Crippen LogP) is 7.28. The van der Waals surface area contributed by atoms with Crippen molar-refractivity contribution in [3.63, 3.8) is 0 Å². The van der Waals surface area contributed by atoms with Crippen LogP contribution in [0.4, 0.5) is 47.6 Å². The first-order chi connectivity index (χ1) is 24.5. The molecule has 5 rings (SSSR count). The minimum atomic E-state index is -5.03. The highest BCUT2D eigenvalue weighted by Crippen LogP contribution is 2.39. The van der Waals surface area contributed by atoms with Gasteiger partial charge >= 0.3 is 30.4 Å². The predicted molar refractivity (Wildman–Crippen MR) is 177 cm³/mol. The van der Waals surface area contributed by atoms with E-state index in [0.717, 1.165) is 0 Å². The summed E-state index contributed by atoms with van der Waals surface area (Å²) < 4.78 is 93.9. The van der Waals surface area contributed by atoms with Gasteiger partial charge in [-0.15, -0.1) is 0 Å². The molecule has 3 amide bonds. The van der Waals surface area contributed by atoms with Gasteiger partial charge in [0, 0.05) is 44.8 Å². The Bertz CT molecular complexity index is 1540. The monoisotopic (exact) mass is 742 g/mol. The van der Waals surface area contributed by atoms with Crippen molar-refractivity contribution in [2.75, 3.05) is 37.0 Å². The van der Waals surface area contributed by atoms with Gasteiger partial charge in [-0.3, -0.25) is 9.69 Å². The van der Waals surface area contributed by atoms with Crippen LogP contribution in [-0.4, -0.2) is 89.3 Å². The summed E-state index contributed by atoms with van der Waals surface area (Å²) in [5.41, 5.74) is -2.70. The first-order valence-corrected chi connectivity index (χ1v) is 17.5. The molecule has 2 aromatic rings. The highest BCUT2D eigenvalue weighted by molar-refractivity contribution is 5.93. The average Bonchev–Trinajstić information content (AvgIpc) is 3.46. The summed E-state index contributed by atoms with van der Waals surface area (Å²) in [7, 11) is 2.99. The third-order valence-corrected chi connectivity index (χ3v) is 10.4. The fourth-order valence-corrected chi connectivity index (χ4v) is 7.47. The number of rotatable bonds is 9. The highest BCUT2D eigenvalue weighted by Gasteiger charge is 2.43. The van der Waals surface area contributed by atoms with Crippen LogP contribution in [-0.2, 0) is 33.2 Å². The van der Waals surface area contributed by atoms with Crippen LogP contribution in [0.2, 0.25) is 0 Å². The van der Waals surface area contributed by atoms with Crippen LogP contribution in [0.1, 0.15) is 81.9 Å². The van der Waals surface area contributed by atoms with E-state index in [4.69, 9.17) is 9.47 Å². The first kappa shape index (κ1) is 38.9. The summed E-state index contributed by atoms with van der Waals surface area (Å²) in [5.74, 6) is -0.474. The summed E-state index contributed by atoms with van der Waals surface area (Å²) in [4.78, 5) is 53.5. The van der Waals surface area contributed by atoms with Crippen LogP contribution in [0.15, 0.2) is 30.6 Å². The van der Waals surface area contributed by atoms with Crippen molar-refractivity contribution in [2.24, 2.45) is 5.92 Å². The molecule has 1 saturated carbocycles. The fourth-order valence-electron chi connectivity index (χ4n) is 7.47.